The fraction of sp³-hybridized carbons (Fsp3) is 1.00. The smallest absolute Gasteiger partial charge is 0.0687 e. The molecule has 1 saturated carbocycles. The highest BCUT2D eigenvalue weighted by Gasteiger charge is 2.40. The number of rotatable bonds is 7. The predicted octanol–water partition coefficient (Wildman–Crippen LogP) is 4.04. The zero-order chi connectivity index (χ0) is 12.7. The van der Waals surface area contributed by atoms with Gasteiger partial charge in [0.2, 0.25) is 0 Å². The number of ether oxygens (including phenoxy) is 1. The molecule has 2 heteroatoms. The molecule has 0 amide bonds. The standard InChI is InChI=1S/C16H31NO/c1-2-13-17-14-7-4-8-15-9-12-16(18-15)10-5-3-6-11-16/h15,17H,2-14H2,1H3. The number of unbranched alkanes of at least 4 members (excludes halogenated alkanes) is 1. The van der Waals surface area contributed by atoms with E-state index < -0.39 is 0 Å². The zero-order valence-electron chi connectivity index (χ0n) is 12.2. The summed E-state index contributed by atoms with van der Waals surface area (Å²) in [4.78, 5) is 0. The van der Waals surface area contributed by atoms with Crippen molar-refractivity contribution in [1.29, 1.82) is 0 Å². The molecule has 1 heterocycles. The lowest BCUT2D eigenvalue weighted by Crippen LogP contribution is -2.31. The van der Waals surface area contributed by atoms with E-state index >= 15 is 0 Å². The lowest BCUT2D eigenvalue weighted by Gasteiger charge is -2.33. The minimum Gasteiger partial charge on any atom is -0.372 e. The van der Waals surface area contributed by atoms with Crippen molar-refractivity contribution in [3.8, 4) is 0 Å². The Hall–Kier alpha value is -0.0800. The fourth-order valence-corrected chi connectivity index (χ4v) is 3.59. The molecular formula is C16H31NO. The highest BCUT2D eigenvalue weighted by Crippen LogP contribution is 2.42. The van der Waals surface area contributed by atoms with Crippen LogP contribution in [0.3, 0.4) is 0 Å². The second-order valence-corrected chi connectivity index (χ2v) is 6.27. The Morgan fingerprint density at radius 2 is 1.89 bits per heavy atom. The molecule has 2 rings (SSSR count). The molecule has 0 aromatic carbocycles. The van der Waals surface area contributed by atoms with Gasteiger partial charge in [-0.3, -0.25) is 0 Å². The summed E-state index contributed by atoms with van der Waals surface area (Å²) in [5.74, 6) is 0. The molecule has 2 nitrogen and oxygen atoms in total. The van der Waals surface area contributed by atoms with Gasteiger partial charge in [0, 0.05) is 0 Å². The van der Waals surface area contributed by atoms with Gasteiger partial charge in [-0.25, -0.2) is 0 Å². The lowest BCUT2D eigenvalue weighted by molar-refractivity contribution is -0.0660. The van der Waals surface area contributed by atoms with Crippen LogP contribution in [0.25, 0.3) is 0 Å². The van der Waals surface area contributed by atoms with Crippen molar-refractivity contribution in [2.75, 3.05) is 13.1 Å². The molecule has 1 saturated heterocycles. The first kappa shape index (κ1) is 14.3. The van der Waals surface area contributed by atoms with Gasteiger partial charge < -0.3 is 10.1 Å². The van der Waals surface area contributed by atoms with E-state index in [2.05, 4.69) is 12.2 Å². The van der Waals surface area contributed by atoms with Crippen molar-refractivity contribution in [3.05, 3.63) is 0 Å². The van der Waals surface area contributed by atoms with E-state index in [1.165, 1.54) is 83.7 Å². The van der Waals surface area contributed by atoms with Crippen LogP contribution in [-0.4, -0.2) is 24.8 Å². The van der Waals surface area contributed by atoms with Crippen LogP contribution in [0.1, 0.15) is 77.6 Å². The van der Waals surface area contributed by atoms with E-state index in [0.29, 0.717) is 11.7 Å². The highest BCUT2D eigenvalue weighted by molar-refractivity contribution is 4.91. The van der Waals surface area contributed by atoms with Gasteiger partial charge in [-0.15, -0.1) is 0 Å². The summed E-state index contributed by atoms with van der Waals surface area (Å²) in [6.07, 6.45) is 15.3. The maximum atomic E-state index is 6.40. The van der Waals surface area contributed by atoms with Gasteiger partial charge in [0.25, 0.3) is 0 Å². The van der Waals surface area contributed by atoms with Crippen LogP contribution >= 0.6 is 0 Å². The maximum absolute atomic E-state index is 6.40. The summed E-state index contributed by atoms with van der Waals surface area (Å²) in [6.45, 7) is 4.58. The molecule has 1 aliphatic carbocycles. The van der Waals surface area contributed by atoms with Gasteiger partial charge in [-0.2, -0.15) is 0 Å². The first-order chi connectivity index (χ1) is 8.85. The molecule has 2 aliphatic rings. The van der Waals surface area contributed by atoms with Crippen molar-refractivity contribution < 1.29 is 4.74 Å². The Labute approximate surface area is 113 Å². The molecular weight excluding hydrogens is 222 g/mol. The monoisotopic (exact) mass is 253 g/mol. The molecule has 1 atom stereocenters. The van der Waals surface area contributed by atoms with Crippen LogP contribution < -0.4 is 5.32 Å². The van der Waals surface area contributed by atoms with Gasteiger partial charge in [-0.05, 0) is 64.5 Å². The van der Waals surface area contributed by atoms with E-state index in [-0.39, 0.29) is 0 Å². The van der Waals surface area contributed by atoms with Gasteiger partial charge in [0.05, 0.1) is 11.7 Å². The first-order valence-corrected chi connectivity index (χ1v) is 8.23. The van der Waals surface area contributed by atoms with Crippen LogP contribution in [0.15, 0.2) is 0 Å². The lowest BCUT2D eigenvalue weighted by atomic mass is 9.83. The Kier molecular flexibility index (Phi) is 5.97. The van der Waals surface area contributed by atoms with Crippen LogP contribution in [0, 0.1) is 0 Å². The van der Waals surface area contributed by atoms with Gasteiger partial charge in [0.1, 0.15) is 0 Å². The molecule has 1 unspecified atom stereocenters. The van der Waals surface area contributed by atoms with Crippen LogP contribution in [-0.2, 0) is 4.74 Å². The minimum absolute atomic E-state index is 0.323. The molecule has 0 radical (unpaired) electrons. The summed E-state index contributed by atoms with van der Waals surface area (Å²) >= 11 is 0. The van der Waals surface area contributed by atoms with Crippen molar-refractivity contribution in [1.82, 2.24) is 5.32 Å². The van der Waals surface area contributed by atoms with E-state index in [4.69, 9.17) is 4.74 Å². The SMILES string of the molecule is CCCNCCCCC1CCC2(CCCCC2)O1. The molecule has 1 spiro atoms. The second-order valence-electron chi connectivity index (χ2n) is 6.27. The second kappa shape index (κ2) is 7.49. The average Bonchev–Trinajstić information content (AvgIpc) is 2.78. The van der Waals surface area contributed by atoms with E-state index in [1.807, 2.05) is 0 Å². The molecule has 2 fully saturated rings. The first-order valence-electron chi connectivity index (χ1n) is 8.23. The van der Waals surface area contributed by atoms with Crippen molar-refractivity contribution >= 4 is 0 Å². The largest absolute Gasteiger partial charge is 0.372 e. The minimum atomic E-state index is 0.323. The number of nitrogens with one attached hydrogen (secondary N) is 1. The molecule has 18 heavy (non-hydrogen) atoms. The quantitative estimate of drug-likeness (QED) is 0.691. The maximum Gasteiger partial charge on any atom is 0.0687 e. The Bertz CT molecular complexity index is 223. The third-order valence-electron chi connectivity index (χ3n) is 4.66. The molecule has 0 aromatic heterocycles. The van der Waals surface area contributed by atoms with Crippen LogP contribution in [0.2, 0.25) is 0 Å². The summed E-state index contributed by atoms with van der Waals surface area (Å²) in [5, 5.41) is 3.48. The molecule has 0 bridgehead atoms. The average molecular weight is 253 g/mol. The van der Waals surface area contributed by atoms with Crippen LogP contribution in [0.4, 0.5) is 0 Å². The normalized spacial score (nSPS) is 26.8. The summed E-state index contributed by atoms with van der Waals surface area (Å²) in [6, 6.07) is 0. The van der Waals surface area contributed by atoms with E-state index in [0.717, 1.165) is 0 Å². The molecule has 0 aromatic rings. The Morgan fingerprint density at radius 3 is 2.67 bits per heavy atom. The Balaban J connectivity index is 1.55. The van der Waals surface area contributed by atoms with Crippen molar-refractivity contribution in [2.45, 2.75) is 89.3 Å². The molecule has 106 valence electrons. The van der Waals surface area contributed by atoms with E-state index in [9.17, 15) is 0 Å². The Morgan fingerprint density at radius 1 is 1.06 bits per heavy atom. The topological polar surface area (TPSA) is 21.3 Å². The number of hydrogen-bond donors (Lipinski definition) is 1. The highest BCUT2D eigenvalue weighted by atomic mass is 16.5. The third kappa shape index (κ3) is 4.24. The van der Waals surface area contributed by atoms with Gasteiger partial charge in [0.15, 0.2) is 0 Å². The number of hydrogen-bond acceptors (Lipinski definition) is 2. The van der Waals surface area contributed by atoms with Crippen molar-refractivity contribution in [2.24, 2.45) is 0 Å². The predicted molar refractivity (Wildman–Crippen MR) is 76.9 cm³/mol. The molecule has 1 aliphatic heterocycles. The van der Waals surface area contributed by atoms with Gasteiger partial charge >= 0.3 is 0 Å². The summed E-state index contributed by atoms with van der Waals surface area (Å²) < 4.78 is 6.40. The summed E-state index contributed by atoms with van der Waals surface area (Å²) in [5.41, 5.74) is 0.323. The molecule has 1 N–H and O–H groups in total. The van der Waals surface area contributed by atoms with Crippen LogP contribution in [0.5, 0.6) is 0 Å². The van der Waals surface area contributed by atoms with Crippen molar-refractivity contribution in [3.63, 3.8) is 0 Å². The zero-order valence-corrected chi connectivity index (χ0v) is 12.2. The summed E-state index contributed by atoms with van der Waals surface area (Å²) in [7, 11) is 0. The van der Waals surface area contributed by atoms with Gasteiger partial charge in [-0.1, -0.05) is 26.2 Å². The third-order valence-corrected chi connectivity index (χ3v) is 4.66. The fourth-order valence-electron chi connectivity index (χ4n) is 3.59. The van der Waals surface area contributed by atoms with E-state index in [1.54, 1.807) is 0 Å².